The van der Waals surface area contributed by atoms with Crippen molar-refractivity contribution in [2.75, 3.05) is 6.54 Å². The van der Waals surface area contributed by atoms with Crippen LogP contribution in [0.5, 0.6) is 0 Å². The molecule has 104 valence electrons. The Balaban J connectivity index is 2.33. The molecule has 4 heteroatoms. The number of carbonyl (C=O) groups is 2. The fourth-order valence-corrected chi connectivity index (χ4v) is 1.80. The second-order valence-corrected chi connectivity index (χ2v) is 4.84. The van der Waals surface area contributed by atoms with Crippen molar-refractivity contribution in [1.82, 2.24) is 5.32 Å². The fourth-order valence-electron chi connectivity index (χ4n) is 1.80. The molecule has 1 aromatic carbocycles. The standard InChI is InChI=1S/C15H21NO3/c1-11(2)14(12(3)17)19-15(18)16-10-9-13-7-5-4-6-8-13/h4-8,11,14H,9-10H2,1-3H3,(H,16,18). The minimum absolute atomic E-state index is 0.0163. The molecule has 0 spiro atoms. The van der Waals surface area contributed by atoms with Gasteiger partial charge in [0.2, 0.25) is 0 Å². The summed E-state index contributed by atoms with van der Waals surface area (Å²) in [5, 5.41) is 2.66. The van der Waals surface area contributed by atoms with Gasteiger partial charge in [-0.2, -0.15) is 0 Å². The molecule has 1 N–H and O–H groups in total. The molecule has 0 heterocycles. The summed E-state index contributed by atoms with van der Waals surface area (Å²) in [6.07, 6.45) is -0.468. The first-order valence-corrected chi connectivity index (χ1v) is 6.49. The number of ketones is 1. The Morgan fingerprint density at radius 2 is 1.84 bits per heavy atom. The van der Waals surface area contributed by atoms with Gasteiger partial charge in [-0.05, 0) is 24.8 Å². The van der Waals surface area contributed by atoms with Crippen molar-refractivity contribution in [3.63, 3.8) is 0 Å². The highest BCUT2D eigenvalue weighted by Gasteiger charge is 2.22. The monoisotopic (exact) mass is 263 g/mol. The Bertz CT molecular complexity index is 415. The van der Waals surface area contributed by atoms with Crippen LogP contribution in [-0.4, -0.2) is 24.5 Å². The smallest absolute Gasteiger partial charge is 0.407 e. The van der Waals surface area contributed by atoms with Crippen LogP contribution in [0.4, 0.5) is 4.79 Å². The molecule has 0 saturated heterocycles. The lowest BCUT2D eigenvalue weighted by Crippen LogP contribution is -2.36. The Labute approximate surface area is 114 Å². The largest absolute Gasteiger partial charge is 0.438 e. The summed E-state index contributed by atoms with van der Waals surface area (Å²) in [6, 6.07) is 9.86. The van der Waals surface area contributed by atoms with E-state index in [2.05, 4.69) is 5.32 Å². The molecule has 1 atom stereocenters. The van der Waals surface area contributed by atoms with Crippen molar-refractivity contribution in [3.05, 3.63) is 35.9 Å². The van der Waals surface area contributed by atoms with Gasteiger partial charge in [-0.15, -0.1) is 0 Å². The van der Waals surface area contributed by atoms with Crippen LogP contribution < -0.4 is 5.32 Å². The van der Waals surface area contributed by atoms with Gasteiger partial charge in [0, 0.05) is 6.54 Å². The maximum atomic E-state index is 11.6. The van der Waals surface area contributed by atoms with E-state index in [0.29, 0.717) is 6.54 Å². The number of ether oxygens (including phenoxy) is 1. The van der Waals surface area contributed by atoms with E-state index in [9.17, 15) is 9.59 Å². The van der Waals surface area contributed by atoms with Crippen LogP contribution in [0.3, 0.4) is 0 Å². The van der Waals surface area contributed by atoms with Gasteiger partial charge >= 0.3 is 6.09 Å². The summed E-state index contributed by atoms with van der Waals surface area (Å²) in [6.45, 7) is 5.63. The molecule has 1 aromatic rings. The van der Waals surface area contributed by atoms with E-state index in [-0.39, 0.29) is 11.7 Å². The maximum Gasteiger partial charge on any atom is 0.407 e. The van der Waals surface area contributed by atoms with Crippen molar-refractivity contribution in [2.24, 2.45) is 5.92 Å². The lowest BCUT2D eigenvalue weighted by atomic mass is 10.0. The van der Waals surface area contributed by atoms with Crippen molar-refractivity contribution in [2.45, 2.75) is 33.3 Å². The maximum absolute atomic E-state index is 11.6. The zero-order valence-corrected chi connectivity index (χ0v) is 11.7. The number of nitrogens with one attached hydrogen (secondary N) is 1. The van der Waals surface area contributed by atoms with Crippen LogP contribution in [0.2, 0.25) is 0 Å². The van der Waals surface area contributed by atoms with E-state index >= 15 is 0 Å². The van der Waals surface area contributed by atoms with Gasteiger partial charge in [0.1, 0.15) is 0 Å². The van der Waals surface area contributed by atoms with Crippen molar-refractivity contribution in [3.8, 4) is 0 Å². The highest BCUT2D eigenvalue weighted by molar-refractivity contribution is 5.83. The van der Waals surface area contributed by atoms with Gasteiger partial charge in [-0.3, -0.25) is 4.79 Å². The SMILES string of the molecule is CC(=O)C(OC(=O)NCCc1ccccc1)C(C)C. The predicted molar refractivity (Wildman–Crippen MR) is 73.9 cm³/mol. The number of carbonyl (C=O) groups excluding carboxylic acids is 2. The molecule has 0 saturated carbocycles. The lowest BCUT2D eigenvalue weighted by molar-refractivity contribution is -0.127. The van der Waals surface area contributed by atoms with Gasteiger partial charge < -0.3 is 10.1 Å². The molecule has 19 heavy (non-hydrogen) atoms. The Morgan fingerprint density at radius 1 is 1.21 bits per heavy atom. The van der Waals surface area contributed by atoms with Crippen molar-refractivity contribution < 1.29 is 14.3 Å². The molecule has 4 nitrogen and oxygen atoms in total. The summed E-state index contributed by atoms with van der Waals surface area (Å²) in [7, 11) is 0. The summed E-state index contributed by atoms with van der Waals surface area (Å²) in [5.74, 6) is -0.148. The average Bonchev–Trinajstić information content (AvgIpc) is 2.36. The molecule has 0 aliphatic rings. The average molecular weight is 263 g/mol. The van der Waals surface area contributed by atoms with Crippen LogP contribution in [0.1, 0.15) is 26.3 Å². The number of hydrogen-bond acceptors (Lipinski definition) is 3. The van der Waals surface area contributed by atoms with Crippen LogP contribution >= 0.6 is 0 Å². The molecule has 0 aliphatic heterocycles. The van der Waals surface area contributed by atoms with Crippen LogP contribution in [0, 0.1) is 5.92 Å². The highest BCUT2D eigenvalue weighted by atomic mass is 16.6. The summed E-state index contributed by atoms with van der Waals surface area (Å²) < 4.78 is 5.11. The zero-order valence-electron chi connectivity index (χ0n) is 11.7. The molecule has 0 aliphatic carbocycles. The molecular weight excluding hydrogens is 242 g/mol. The Hall–Kier alpha value is -1.84. The molecule has 1 rings (SSSR count). The van der Waals surface area contributed by atoms with E-state index in [1.54, 1.807) is 0 Å². The normalized spacial score (nSPS) is 12.0. The molecule has 0 aromatic heterocycles. The van der Waals surface area contributed by atoms with Crippen LogP contribution in [0.15, 0.2) is 30.3 Å². The summed E-state index contributed by atoms with van der Waals surface area (Å²) in [4.78, 5) is 22.9. The third-order valence-electron chi connectivity index (χ3n) is 2.77. The Kier molecular flexibility index (Phi) is 6.06. The Morgan fingerprint density at radius 3 is 2.37 bits per heavy atom. The summed E-state index contributed by atoms with van der Waals surface area (Å²) >= 11 is 0. The number of benzene rings is 1. The minimum Gasteiger partial charge on any atom is -0.438 e. The zero-order chi connectivity index (χ0) is 14.3. The van der Waals surface area contributed by atoms with E-state index in [1.165, 1.54) is 6.92 Å². The molecule has 1 amide bonds. The van der Waals surface area contributed by atoms with E-state index < -0.39 is 12.2 Å². The van der Waals surface area contributed by atoms with Crippen molar-refractivity contribution in [1.29, 1.82) is 0 Å². The van der Waals surface area contributed by atoms with Crippen molar-refractivity contribution >= 4 is 11.9 Å². The van der Waals surface area contributed by atoms with E-state index in [4.69, 9.17) is 4.74 Å². The van der Waals surface area contributed by atoms with Gasteiger partial charge in [-0.25, -0.2) is 4.79 Å². The quantitative estimate of drug-likeness (QED) is 0.858. The number of rotatable bonds is 6. The molecule has 0 fully saturated rings. The van der Waals surface area contributed by atoms with Gasteiger partial charge in [0.25, 0.3) is 0 Å². The predicted octanol–water partition coefficient (Wildman–Crippen LogP) is 2.57. The third kappa shape index (κ3) is 5.55. The lowest BCUT2D eigenvalue weighted by Gasteiger charge is -2.18. The second-order valence-electron chi connectivity index (χ2n) is 4.84. The molecule has 0 radical (unpaired) electrons. The van der Waals surface area contributed by atoms with Gasteiger partial charge in [-0.1, -0.05) is 44.2 Å². The van der Waals surface area contributed by atoms with Crippen LogP contribution in [0.25, 0.3) is 0 Å². The first-order chi connectivity index (χ1) is 9.00. The highest BCUT2D eigenvalue weighted by Crippen LogP contribution is 2.08. The number of alkyl carbamates (subject to hydrolysis) is 1. The van der Waals surface area contributed by atoms with E-state index in [1.807, 2.05) is 44.2 Å². The molecule has 0 bridgehead atoms. The van der Waals surface area contributed by atoms with Gasteiger partial charge in [0.05, 0.1) is 0 Å². The minimum atomic E-state index is -0.670. The third-order valence-corrected chi connectivity index (χ3v) is 2.77. The topological polar surface area (TPSA) is 55.4 Å². The first-order valence-electron chi connectivity index (χ1n) is 6.49. The fraction of sp³-hybridized carbons (Fsp3) is 0.467. The van der Waals surface area contributed by atoms with Crippen LogP contribution in [-0.2, 0) is 16.0 Å². The number of Topliss-reactive ketones (excluding diaryl/α,β-unsaturated/α-hetero) is 1. The number of amides is 1. The molecular formula is C15H21NO3. The van der Waals surface area contributed by atoms with Gasteiger partial charge in [0.15, 0.2) is 11.9 Å². The number of hydrogen-bond donors (Lipinski definition) is 1. The van der Waals surface area contributed by atoms with E-state index in [0.717, 1.165) is 12.0 Å². The molecule has 1 unspecified atom stereocenters. The summed E-state index contributed by atoms with van der Waals surface area (Å²) in [5.41, 5.74) is 1.15. The first kappa shape index (κ1) is 15.2. The second kappa shape index (κ2) is 7.56.